The Kier molecular flexibility index (Phi) is 5.32. The topological polar surface area (TPSA) is 145 Å². The summed E-state index contributed by atoms with van der Waals surface area (Å²) >= 11 is 1.13. The van der Waals surface area contributed by atoms with Gasteiger partial charge in [0.25, 0.3) is 5.19 Å². The second kappa shape index (κ2) is 7.50. The van der Waals surface area contributed by atoms with Crippen LogP contribution in [0.2, 0.25) is 0 Å². The highest BCUT2D eigenvalue weighted by atomic mass is 32.1. The predicted octanol–water partition coefficient (Wildman–Crippen LogP) is -0.0574. The number of fused-ring (bicyclic) bond motifs is 1. The zero-order chi connectivity index (χ0) is 18.8. The van der Waals surface area contributed by atoms with E-state index in [4.69, 9.17) is 20.2 Å². The Morgan fingerprint density at radius 2 is 2.19 bits per heavy atom. The van der Waals surface area contributed by atoms with E-state index in [1.54, 1.807) is 19.1 Å². The predicted molar refractivity (Wildman–Crippen MR) is 92.6 cm³/mol. The molecule has 0 amide bonds. The number of carbonyl (C=O) groups is 2. The highest BCUT2D eigenvalue weighted by molar-refractivity contribution is 7.13. The first-order valence-corrected chi connectivity index (χ1v) is 8.60. The molecular weight excluding hydrogens is 361 g/mol. The minimum atomic E-state index is -1.22. The number of Topliss-reactive ketones (excluding diaryl/α,β-unsaturated/α-hetero) is 1. The molecule has 1 aromatic heterocycles. The summed E-state index contributed by atoms with van der Waals surface area (Å²) in [6.07, 6.45) is -0.841. The van der Waals surface area contributed by atoms with Crippen molar-refractivity contribution < 1.29 is 29.1 Å². The quantitative estimate of drug-likeness (QED) is 0.565. The van der Waals surface area contributed by atoms with E-state index in [0.29, 0.717) is 21.8 Å². The third-order valence-electron chi connectivity index (χ3n) is 3.86. The Morgan fingerprint density at radius 1 is 1.42 bits per heavy atom. The van der Waals surface area contributed by atoms with Crippen LogP contribution in [0.15, 0.2) is 12.1 Å². The molecule has 3 rings (SSSR count). The molecule has 1 unspecified atom stereocenters. The highest BCUT2D eigenvalue weighted by Crippen LogP contribution is 2.33. The van der Waals surface area contributed by atoms with Crippen molar-refractivity contribution in [2.24, 2.45) is 5.73 Å². The summed E-state index contributed by atoms with van der Waals surface area (Å²) in [5, 5.41) is 27.5. The second-order valence-corrected chi connectivity index (χ2v) is 6.83. The maximum absolute atomic E-state index is 11.4. The second-order valence-electron chi connectivity index (χ2n) is 5.80. The van der Waals surface area contributed by atoms with Gasteiger partial charge in [-0.1, -0.05) is 16.4 Å². The van der Waals surface area contributed by atoms with E-state index in [9.17, 15) is 14.6 Å². The molecular formula is C15H16BN3O6S. The number of aryl methyl sites for hydroxylation is 1. The number of carboxylic acids is 1. The summed E-state index contributed by atoms with van der Waals surface area (Å²) in [6, 6.07) is 3.29. The normalized spacial score (nSPS) is 15.8. The van der Waals surface area contributed by atoms with Crippen molar-refractivity contribution in [1.29, 1.82) is 0 Å². The summed E-state index contributed by atoms with van der Waals surface area (Å²) in [5.41, 5.74) is 7.13. The summed E-state index contributed by atoms with van der Waals surface area (Å²) in [4.78, 5) is 22.3. The molecule has 0 saturated heterocycles. The van der Waals surface area contributed by atoms with Gasteiger partial charge < -0.3 is 25.3 Å². The molecule has 136 valence electrons. The number of ether oxygens (including phenoxy) is 1. The van der Waals surface area contributed by atoms with Gasteiger partial charge >= 0.3 is 13.1 Å². The number of carbonyl (C=O) groups excluding carboxylic acids is 1. The molecule has 0 aliphatic carbocycles. The molecule has 4 N–H and O–H groups in total. The number of carboxylic acid groups (broad SMARTS) is 1. The first kappa shape index (κ1) is 18.5. The lowest BCUT2D eigenvalue weighted by Gasteiger charge is -2.12. The molecule has 26 heavy (non-hydrogen) atoms. The van der Waals surface area contributed by atoms with E-state index in [1.165, 1.54) is 0 Å². The fourth-order valence-electron chi connectivity index (χ4n) is 2.79. The number of aliphatic carboxylic acids is 1. The van der Waals surface area contributed by atoms with E-state index in [0.717, 1.165) is 16.9 Å². The SMILES string of the molecule is Cc1cc(Oc2nnc(CC(=O)CN)s2)cc2c1C(CC(=O)O)OB2O. The van der Waals surface area contributed by atoms with Crippen molar-refractivity contribution in [3.63, 3.8) is 0 Å². The minimum absolute atomic E-state index is 0.0603. The molecule has 1 aromatic carbocycles. The van der Waals surface area contributed by atoms with Gasteiger partial charge in [-0.25, -0.2) is 0 Å². The van der Waals surface area contributed by atoms with Crippen molar-refractivity contribution in [1.82, 2.24) is 10.2 Å². The average Bonchev–Trinajstić information content (AvgIpc) is 3.12. The maximum Gasteiger partial charge on any atom is 0.492 e. The largest absolute Gasteiger partial charge is 0.492 e. The van der Waals surface area contributed by atoms with Gasteiger partial charge in [-0.05, 0) is 35.6 Å². The summed E-state index contributed by atoms with van der Waals surface area (Å²) in [7, 11) is -1.22. The molecule has 0 radical (unpaired) electrons. The van der Waals surface area contributed by atoms with E-state index < -0.39 is 19.2 Å². The molecule has 1 aliphatic rings. The molecule has 0 saturated carbocycles. The number of hydrogen-bond acceptors (Lipinski definition) is 9. The van der Waals surface area contributed by atoms with Gasteiger partial charge in [0.1, 0.15) is 10.8 Å². The van der Waals surface area contributed by atoms with Crippen LogP contribution in [0.5, 0.6) is 10.9 Å². The van der Waals surface area contributed by atoms with Gasteiger partial charge in [-0.3, -0.25) is 9.59 Å². The molecule has 0 spiro atoms. The van der Waals surface area contributed by atoms with Crippen molar-refractivity contribution in [2.45, 2.75) is 25.9 Å². The van der Waals surface area contributed by atoms with Crippen molar-refractivity contribution in [3.05, 3.63) is 28.3 Å². The van der Waals surface area contributed by atoms with Crippen LogP contribution in [0.1, 0.15) is 28.7 Å². The molecule has 2 heterocycles. The highest BCUT2D eigenvalue weighted by Gasteiger charge is 2.38. The van der Waals surface area contributed by atoms with Gasteiger partial charge in [0.15, 0.2) is 5.78 Å². The van der Waals surface area contributed by atoms with Crippen molar-refractivity contribution in [3.8, 4) is 10.9 Å². The van der Waals surface area contributed by atoms with E-state index in [1.807, 2.05) is 0 Å². The van der Waals surface area contributed by atoms with Crippen molar-refractivity contribution in [2.75, 3.05) is 6.54 Å². The van der Waals surface area contributed by atoms with Gasteiger partial charge in [0.2, 0.25) is 0 Å². The van der Waals surface area contributed by atoms with Crippen LogP contribution in [-0.4, -0.2) is 45.7 Å². The number of hydrogen-bond donors (Lipinski definition) is 3. The van der Waals surface area contributed by atoms with Gasteiger partial charge in [-0.15, -0.1) is 5.10 Å². The first-order valence-electron chi connectivity index (χ1n) is 7.79. The van der Waals surface area contributed by atoms with Crippen LogP contribution in [0, 0.1) is 6.92 Å². The van der Waals surface area contributed by atoms with E-state index >= 15 is 0 Å². The standard InChI is InChI=1S/C15H16BN3O6S/c1-7-2-9(24-15-19-18-12(26-15)3-8(20)6-17)4-10-14(7)11(5-13(21)22)25-16(10)23/h2,4,11,23H,3,5-6,17H2,1H3,(H,21,22). The summed E-state index contributed by atoms with van der Waals surface area (Å²) < 4.78 is 11.0. The van der Waals surface area contributed by atoms with E-state index in [-0.39, 0.29) is 30.4 Å². The molecule has 1 aliphatic heterocycles. The van der Waals surface area contributed by atoms with Crippen LogP contribution in [0.3, 0.4) is 0 Å². The summed E-state index contributed by atoms with van der Waals surface area (Å²) in [6.45, 7) is 1.72. The zero-order valence-corrected chi connectivity index (χ0v) is 14.7. The Balaban J connectivity index is 1.81. The third kappa shape index (κ3) is 3.91. The Bertz CT molecular complexity index is 858. The first-order chi connectivity index (χ1) is 12.4. The lowest BCUT2D eigenvalue weighted by molar-refractivity contribution is -0.138. The molecule has 0 bridgehead atoms. The monoisotopic (exact) mass is 377 g/mol. The third-order valence-corrected chi connectivity index (χ3v) is 4.66. The molecule has 11 heteroatoms. The number of rotatable bonds is 7. The van der Waals surface area contributed by atoms with Crippen LogP contribution < -0.4 is 15.9 Å². The Hall–Kier alpha value is -2.34. The number of ketones is 1. The van der Waals surface area contributed by atoms with E-state index in [2.05, 4.69) is 10.2 Å². The van der Waals surface area contributed by atoms with Gasteiger partial charge in [0, 0.05) is 0 Å². The molecule has 9 nitrogen and oxygen atoms in total. The smallest absolute Gasteiger partial charge is 0.481 e. The fraction of sp³-hybridized carbons (Fsp3) is 0.333. The van der Waals surface area contributed by atoms with Crippen LogP contribution in [0.4, 0.5) is 0 Å². The van der Waals surface area contributed by atoms with Gasteiger partial charge in [-0.2, -0.15) is 0 Å². The van der Waals surface area contributed by atoms with Gasteiger partial charge in [0.05, 0.1) is 25.5 Å². The van der Waals surface area contributed by atoms with Crippen molar-refractivity contribution >= 4 is 35.7 Å². The molecule has 1 atom stereocenters. The fourth-order valence-corrected chi connectivity index (χ4v) is 3.53. The lowest BCUT2D eigenvalue weighted by atomic mass is 9.77. The Labute approximate surface area is 152 Å². The number of nitrogens with two attached hydrogens (primary N) is 1. The number of benzene rings is 1. The summed E-state index contributed by atoms with van der Waals surface area (Å²) in [5.74, 6) is -0.748. The number of aromatic nitrogens is 2. The maximum atomic E-state index is 11.4. The minimum Gasteiger partial charge on any atom is -0.481 e. The zero-order valence-electron chi connectivity index (χ0n) is 13.8. The Morgan fingerprint density at radius 3 is 2.88 bits per heavy atom. The number of nitrogens with zero attached hydrogens (tertiary/aromatic N) is 2. The van der Waals surface area contributed by atoms with Crippen LogP contribution in [0.25, 0.3) is 0 Å². The lowest BCUT2D eigenvalue weighted by Crippen LogP contribution is -2.28. The molecule has 0 fully saturated rings. The van der Waals surface area contributed by atoms with Crippen LogP contribution in [-0.2, 0) is 20.7 Å². The molecule has 2 aromatic rings. The van der Waals surface area contributed by atoms with Crippen LogP contribution >= 0.6 is 11.3 Å². The average molecular weight is 377 g/mol.